The number of phenols is 1. The minimum Gasteiger partial charge on any atom is -0.508 e. The first kappa shape index (κ1) is 11.9. The minimum atomic E-state index is -0.207. The Kier molecular flexibility index (Phi) is 3.64. The standard InChI is InChI=1S/C13H17NO3/c1-2-17-13(16)8-11-9-4-3-5-12(15)10(9)6-7-14-11/h3-5,11,14-15H,2,6-8H2,1H3/t11-/m1/s1. The van der Waals surface area contributed by atoms with E-state index in [4.69, 9.17) is 4.74 Å². The van der Waals surface area contributed by atoms with Crippen molar-refractivity contribution >= 4 is 5.97 Å². The average molecular weight is 235 g/mol. The molecule has 17 heavy (non-hydrogen) atoms. The van der Waals surface area contributed by atoms with Crippen LogP contribution < -0.4 is 5.32 Å². The van der Waals surface area contributed by atoms with Gasteiger partial charge in [0.25, 0.3) is 0 Å². The van der Waals surface area contributed by atoms with Crippen LogP contribution in [0.25, 0.3) is 0 Å². The zero-order valence-corrected chi connectivity index (χ0v) is 9.90. The summed E-state index contributed by atoms with van der Waals surface area (Å²) in [6.45, 7) is 2.97. The van der Waals surface area contributed by atoms with Gasteiger partial charge in [-0.2, -0.15) is 0 Å². The summed E-state index contributed by atoms with van der Waals surface area (Å²) in [7, 11) is 0. The van der Waals surface area contributed by atoms with Gasteiger partial charge in [-0.05, 0) is 37.1 Å². The number of nitrogens with one attached hydrogen (secondary N) is 1. The first-order chi connectivity index (χ1) is 8.22. The number of benzene rings is 1. The van der Waals surface area contributed by atoms with Crippen molar-refractivity contribution in [3.8, 4) is 5.75 Å². The minimum absolute atomic E-state index is 0.0510. The van der Waals surface area contributed by atoms with Crippen LogP contribution in [0.2, 0.25) is 0 Å². The number of carbonyl (C=O) groups excluding carboxylic acids is 1. The third-order valence-electron chi connectivity index (χ3n) is 3.00. The topological polar surface area (TPSA) is 58.6 Å². The van der Waals surface area contributed by atoms with Crippen molar-refractivity contribution < 1.29 is 14.6 Å². The smallest absolute Gasteiger partial charge is 0.307 e. The van der Waals surface area contributed by atoms with Gasteiger partial charge in [-0.15, -0.1) is 0 Å². The van der Waals surface area contributed by atoms with E-state index in [0.717, 1.165) is 24.1 Å². The predicted molar refractivity (Wildman–Crippen MR) is 63.8 cm³/mol. The lowest BCUT2D eigenvalue weighted by atomic mass is 9.92. The maximum Gasteiger partial charge on any atom is 0.307 e. The normalized spacial score (nSPS) is 18.5. The summed E-state index contributed by atoms with van der Waals surface area (Å²) < 4.78 is 4.95. The molecule has 0 aromatic heterocycles. The largest absolute Gasteiger partial charge is 0.508 e. The molecule has 1 atom stereocenters. The van der Waals surface area contributed by atoms with Gasteiger partial charge in [0.1, 0.15) is 5.75 Å². The van der Waals surface area contributed by atoms with E-state index in [1.807, 2.05) is 6.07 Å². The van der Waals surface area contributed by atoms with Crippen LogP contribution in [0.5, 0.6) is 5.75 Å². The molecule has 0 bridgehead atoms. The summed E-state index contributed by atoms with van der Waals surface area (Å²) in [5, 5.41) is 13.0. The first-order valence-electron chi connectivity index (χ1n) is 5.92. The Bertz CT molecular complexity index is 417. The average Bonchev–Trinajstić information content (AvgIpc) is 2.31. The molecule has 1 aromatic carbocycles. The molecule has 0 fully saturated rings. The Balaban J connectivity index is 2.17. The number of aromatic hydroxyl groups is 1. The van der Waals surface area contributed by atoms with Gasteiger partial charge in [0.2, 0.25) is 0 Å². The van der Waals surface area contributed by atoms with E-state index in [2.05, 4.69) is 5.32 Å². The van der Waals surface area contributed by atoms with Gasteiger partial charge in [-0.3, -0.25) is 4.79 Å². The Morgan fingerprint density at radius 1 is 1.59 bits per heavy atom. The number of hydrogen-bond donors (Lipinski definition) is 2. The number of hydrogen-bond acceptors (Lipinski definition) is 4. The van der Waals surface area contributed by atoms with Gasteiger partial charge in [-0.25, -0.2) is 0 Å². The zero-order valence-electron chi connectivity index (χ0n) is 9.90. The van der Waals surface area contributed by atoms with E-state index in [1.165, 1.54) is 0 Å². The molecule has 1 aliphatic rings. The lowest BCUT2D eigenvalue weighted by Gasteiger charge is -2.26. The molecule has 0 unspecified atom stereocenters. The molecule has 1 aliphatic heterocycles. The maximum atomic E-state index is 11.5. The number of ether oxygens (including phenoxy) is 1. The molecule has 1 heterocycles. The quantitative estimate of drug-likeness (QED) is 0.780. The molecule has 0 saturated heterocycles. The lowest BCUT2D eigenvalue weighted by molar-refractivity contribution is -0.143. The van der Waals surface area contributed by atoms with Crippen molar-refractivity contribution in [3.63, 3.8) is 0 Å². The van der Waals surface area contributed by atoms with Gasteiger partial charge in [0.05, 0.1) is 13.0 Å². The second-order valence-electron chi connectivity index (χ2n) is 4.11. The van der Waals surface area contributed by atoms with Gasteiger partial charge in [0.15, 0.2) is 0 Å². The molecule has 2 N–H and O–H groups in total. The first-order valence-corrected chi connectivity index (χ1v) is 5.92. The van der Waals surface area contributed by atoms with E-state index >= 15 is 0 Å². The van der Waals surface area contributed by atoms with Crippen LogP contribution in [0.4, 0.5) is 0 Å². The summed E-state index contributed by atoms with van der Waals surface area (Å²) in [5.74, 6) is 0.110. The summed E-state index contributed by atoms with van der Waals surface area (Å²) in [5.41, 5.74) is 1.95. The van der Waals surface area contributed by atoms with Crippen molar-refractivity contribution in [2.24, 2.45) is 0 Å². The molecule has 2 rings (SSSR count). The van der Waals surface area contributed by atoms with Crippen LogP contribution in [0, 0.1) is 0 Å². The molecule has 4 nitrogen and oxygen atoms in total. The Labute approximate surface area is 101 Å². The fourth-order valence-corrected chi connectivity index (χ4v) is 2.24. The van der Waals surface area contributed by atoms with E-state index in [-0.39, 0.29) is 12.0 Å². The van der Waals surface area contributed by atoms with Crippen LogP contribution in [0.15, 0.2) is 18.2 Å². The molecular formula is C13H17NO3. The fraction of sp³-hybridized carbons (Fsp3) is 0.462. The van der Waals surface area contributed by atoms with Crippen molar-refractivity contribution in [1.82, 2.24) is 5.32 Å². The van der Waals surface area contributed by atoms with Crippen LogP contribution >= 0.6 is 0 Å². The highest BCUT2D eigenvalue weighted by molar-refractivity contribution is 5.70. The van der Waals surface area contributed by atoms with Gasteiger partial charge >= 0.3 is 5.97 Å². The number of phenolic OH excluding ortho intramolecular Hbond substituents is 1. The number of esters is 1. The van der Waals surface area contributed by atoms with Crippen LogP contribution in [-0.2, 0) is 16.0 Å². The summed E-state index contributed by atoms with van der Waals surface area (Å²) in [4.78, 5) is 11.5. The van der Waals surface area contributed by atoms with E-state index in [1.54, 1.807) is 19.1 Å². The number of carbonyl (C=O) groups is 1. The molecule has 0 saturated carbocycles. The van der Waals surface area contributed by atoms with Crippen molar-refractivity contribution in [2.75, 3.05) is 13.2 Å². The molecule has 0 radical (unpaired) electrons. The van der Waals surface area contributed by atoms with E-state index in [0.29, 0.717) is 18.8 Å². The van der Waals surface area contributed by atoms with Gasteiger partial charge in [-0.1, -0.05) is 12.1 Å². The van der Waals surface area contributed by atoms with Crippen molar-refractivity contribution in [2.45, 2.75) is 25.8 Å². The van der Waals surface area contributed by atoms with Gasteiger partial charge < -0.3 is 15.2 Å². The zero-order chi connectivity index (χ0) is 12.3. The Morgan fingerprint density at radius 2 is 2.41 bits per heavy atom. The summed E-state index contributed by atoms with van der Waals surface area (Å²) in [6, 6.07) is 5.39. The Morgan fingerprint density at radius 3 is 3.18 bits per heavy atom. The summed E-state index contributed by atoms with van der Waals surface area (Å²) >= 11 is 0. The third-order valence-corrected chi connectivity index (χ3v) is 3.00. The van der Waals surface area contributed by atoms with E-state index in [9.17, 15) is 9.90 Å². The second kappa shape index (κ2) is 5.19. The highest BCUT2D eigenvalue weighted by Crippen LogP contribution is 2.31. The second-order valence-corrected chi connectivity index (χ2v) is 4.11. The fourth-order valence-electron chi connectivity index (χ4n) is 2.24. The van der Waals surface area contributed by atoms with Crippen LogP contribution in [0.3, 0.4) is 0 Å². The van der Waals surface area contributed by atoms with Crippen molar-refractivity contribution in [1.29, 1.82) is 0 Å². The molecule has 4 heteroatoms. The lowest BCUT2D eigenvalue weighted by Crippen LogP contribution is -2.31. The number of rotatable bonds is 3. The van der Waals surface area contributed by atoms with Crippen molar-refractivity contribution in [3.05, 3.63) is 29.3 Å². The summed E-state index contributed by atoms with van der Waals surface area (Å²) in [6.07, 6.45) is 1.10. The molecular weight excluding hydrogens is 218 g/mol. The molecule has 0 amide bonds. The molecule has 1 aromatic rings. The molecule has 0 spiro atoms. The highest BCUT2D eigenvalue weighted by atomic mass is 16.5. The monoisotopic (exact) mass is 235 g/mol. The van der Waals surface area contributed by atoms with E-state index < -0.39 is 0 Å². The highest BCUT2D eigenvalue weighted by Gasteiger charge is 2.24. The maximum absolute atomic E-state index is 11.5. The molecule has 0 aliphatic carbocycles. The predicted octanol–water partition coefficient (Wildman–Crippen LogP) is 1.53. The third kappa shape index (κ3) is 2.58. The number of fused-ring (bicyclic) bond motifs is 1. The molecule has 92 valence electrons. The van der Waals surface area contributed by atoms with Crippen LogP contribution in [0.1, 0.15) is 30.5 Å². The SMILES string of the molecule is CCOC(=O)C[C@H]1NCCc2c(O)cccc21. The van der Waals surface area contributed by atoms with Gasteiger partial charge in [0, 0.05) is 6.04 Å². The Hall–Kier alpha value is -1.55. The van der Waals surface area contributed by atoms with Crippen LogP contribution in [-0.4, -0.2) is 24.2 Å².